The van der Waals surface area contributed by atoms with Crippen molar-refractivity contribution in [3.05, 3.63) is 54.0 Å². The third-order valence-corrected chi connectivity index (χ3v) is 5.91. The first-order valence-electron chi connectivity index (χ1n) is 10.3. The Morgan fingerprint density at radius 3 is 2.31 bits per heavy atom. The smallest absolute Gasteiger partial charge is 0.274 e. The van der Waals surface area contributed by atoms with Crippen molar-refractivity contribution in [3.8, 4) is 0 Å². The highest BCUT2D eigenvalue weighted by Crippen LogP contribution is 2.24. The van der Waals surface area contributed by atoms with Gasteiger partial charge in [-0.1, -0.05) is 30.3 Å². The van der Waals surface area contributed by atoms with E-state index in [1.165, 1.54) is 5.56 Å². The summed E-state index contributed by atoms with van der Waals surface area (Å²) in [5, 5.41) is 0. The van der Waals surface area contributed by atoms with Crippen LogP contribution in [0.3, 0.4) is 0 Å². The van der Waals surface area contributed by atoms with Crippen molar-refractivity contribution in [1.82, 2.24) is 19.8 Å². The highest BCUT2D eigenvalue weighted by Gasteiger charge is 2.24. The summed E-state index contributed by atoms with van der Waals surface area (Å²) >= 11 is 0. The van der Waals surface area contributed by atoms with E-state index in [0.29, 0.717) is 37.8 Å². The zero-order valence-corrected chi connectivity index (χ0v) is 16.6. The molecule has 2 saturated heterocycles. The number of rotatable bonds is 5. The van der Waals surface area contributed by atoms with Gasteiger partial charge in [0.15, 0.2) is 0 Å². The van der Waals surface area contributed by atoms with Crippen LogP contribution >= 0.6 is 0 Å². The normalized spacial score (nSPS) is 18.0. The Labute approximate surface area is 171 Å². The van der Waals surface area contributed by atoms with Crippen LogP contribution in [0.1, 0.15) is 28.9 Å². The van der Waals surface area contributed by atoms with Crippen molar-refractivity contribution in [2.24, 2.45) is 5.92 Å². The van der Waals surface area contributed by atoms with Gasteiger partial charge in [0, 0.05) is 39.3 Å². The second-order valence-electron chi connectivity index (χ2n) is 7.81. The third kappa shape index (κ3) is 4.72. The molecule has 0 aliphatic carbocycles. The molecule has 0 atom stereocenters. The molecule has 1 aromatic heterocycles. The van der Waals surface area contributed by atoms with Crippen LogP contribution in [-0.2, 0) is 11.2 Å². The van der Waals surface area contributed by atoms with E-state index in [1.54, 1.807) is 22.2 Å². The fourth-order valence-corrected chi connectivity index (χ4v) is 4.10. The lowest BCUT2D eigenvalue weighted by atomic mass is 9.90. The summed E-state index contributed by atoms with van der Waals surface area (Å²) < 4.78 is 0. The quantitative estimate of drug-likeness (QED) is 0.725. The largest absolute Gasteiger partial charge is 0.355 e. The second kappa shape index (κ2) is 9.03. The fourth-order valence-electron chi connectivity index (χ4n) is 4.10. The van der Waals surface area contributed by atoms with Crippen LogP contribution in [0.15, 0.2) is 42.7 Å². The van der Waals surface area contributed by atoms with E-state index in [-0.39, 0.29) is 5.91 Å². The van der Waals surface area contributed by atoms with Gasteiger partial charge >= 0.3 is 0 Å². The molecule has 2 aromatic rings. The molecule has 3 heterocycles. The topological polar surface area (TPSA) is 69.6 Å². The van der Waals surface area contributed by atoms with Gasteiger partial charge in [-0.3, -0.25) is 9.59 Å². The summed E-state index contributed by atoms with van der Waals surface area (Å²) in [5.41, 5.74) is 1.77. The molecule has 2 aliphatic rings. The van der Waals surface area contributed by atoms with E-state index >= 15 is 0 Å². The van der Waals surface area contributed by atoms with Gasteiger partial charge in [-0.2, -0.15) is 0 Å². The number of piperazine rings is 1. The van der Waals surface area contributed by atoms with Crippen LogP contribution in [0.2, 0.25) is 0 Å². The van der Waals surface area contributed by atoms with Gasteiger partial charge in [0.2, 0.25) is 6.41 Å². The standard InChI is InChI=1S/C22H27N5O2/c28-17-25-10-12-27(13-11-25)22(29)20-15-24-21(16-23-20)26-8-6-19(7-9-26)14-18-4-2-1-3-5-18/h1-5,15-17,19H,6-14H2. The minimum Gasteiger partial charge on any atom is -0.355 e. The minimum atomic E-state index is -0.115. The lowest BCUT2D eigenvalue weighted by Gasteiger charge is -2.33. The van der Waals surface area contributed by atoms with Crippen LogP contribution in [-0.4, -0.2) is 71.4 Å². The Balaban J connectivity index is 1.29. The molecule has 0 spiro atoms. The third-order valence-electron chi connectivity index (χ3n) is 5.91. The summed E-state index contributed by atoms with van der Waals surface area (Å²) in [5.74, 6) is 1.43. The Kier molecular flexibility index (Phi) is 6.03. The molecule has 4 rings (SSSR count). The number of aromatic nitrogens is 2. The number of carbonyl (C=O) groups excluding carboxylic acids is 2. The van der Waals surface area contributed by atoms with E-state index in [4.69, 9.17) is 0 Å². The van der Waals surface area contributed by atoms with Gasteiger partial charge in [0.05, 0.1) is 12.4 Å². The van der Waals surface area contributed by atoms with Crippen molar-refractivity contribution >= 4 is 18.1 Å². The van der Waals surface area contributed by atoms with Crippen molar-refractivity contribution in [2.45, 2.75) is 19.3 Å². The Morgan fingerprint density at radius 1 is 0.966 bits per heavy atom. The van der Waals surface area contributed by atoms with E-state index in [2.05, 4.69) is 45.2 Å². The number of amides is 2. The molecule has 7 nitrogen and oxygen atoms in total. The summed E-state index contributed by atoms with van der Waals surface area (Å²) in [4.78, 5) is 38.0. The molecular formula is C22H27N5O2. The predicted molar refractivity (Wildman–Crippen MR) is 111 cm³/mol. The molecule has 29 heavy (non-hydrogen) atoms. The van der Waals surface area contributed by atoms with Crippen LogP contribution in [0.4, 0.5) is 5.82 Å². The molecular weight excluding hydrogens is 366 g/mol. The first kappa shape index (κ1) is 19.4. The SMILES string of the molecule is O=CN1CCN(C(=O)c2cnc(N3CCC(Cc4ccccc4)CC3)cn2)CC1. The molecule has 2 fully saturated rings. The first-order chi connectivity index (χ1) is 14.2. The van der Waals surface area contributed by atoms with Crippen LogP contribution in [0, 0.1) is 5.92 Å². The number of benzene rings is 1. The zero-order chi connectivity index (χ0) is 20.1. The van der Waals surface area contributed by atoms with Gasteiger partial charge in [0.1, 0.15) is 11.5 Å². The summed E-state index contributed by atoms with van der Waals surface area (Å²) in [6, 6.07) is 10.7. The molecule has 7 heteroatoms. The molecule has 0 radical (unpaired) electrons. The second-order valence-corrected chi connectivity index (χ2v) is 7.81. The van der Waals surface area contributed by atoms with Crippen molar-refractivity contribution in [3.63, 3.8) is 0 Å². The lowest BCUT2D eigenvalue weighted by molar-refractivity contribution is -0.119. The fraction of sp³-hybridized carbons (Fsp3) is 0.455. The highest BCUT2D eigenvalue weighted by molar-refractivity contribution is 5.92. The van der Waals surface area contributed by atoms with Crippen molar-refractivity contribution < 1.29 is 9.59 Å². The molecule has 152 valence electrons. The summed E-state index contributed by atoms with van der Waals surface area (Å²) in [6.45, 7) is 4.14. The van der Waals surface area contributed by atoms with E-state index < -0.39 is 0 Å². The summed E-state index contributed by atoms with van der Waals surface area (Å²) in [6.07, 6.45) is 7.54. The predicted octanol–water partition coefficient (Wildman–Crippen LogP) is 1.85. The van der Waals surface area contributed by atoms with Gasteiger partial charge in [-0.15, -0.1) is 0 Å². The van der Waals surface area contributed by atoms with Gasteiger partial charge in [-0.25, -0.2) is 9.97 Å². The van der Waals surface area contributed by atoms with Crippen molar-refractivity contribution in [1.29, 1.82) is 0 Å². The number of nitrogens with zero attached hydrogens (tertiary/aromatic N) is 5. The molecule has 0 bridgehead atoms. The highest BCUT2D eigenvalue weighted by atomic mass is 16.2. The van der Waals surface area contributed by atoms with Crippen LogP contribution < -0.4 is 4.90 Å². The van der Waals surface area contributed by atoms with Crippen LogP contribution in [0.25, 0.3) is 0 Å². The average molecular weight is 393 g/mol. The maximum Gasteiger partial charge on any atom is 0.274 e. The van der Waals surface area contributed by atoms with Crippen LogP contribution in [0.5, 0.6) is 0 Å². The molecule has 2 aliphatic heterocycles. The van der Waals surface area contributed by atoms with Gasteiger partial charge < -0.3 is 14.7 Å². The number of hydrogen-bond acceptors (Lipinski definition) is 5. The maximum absolute atomic E-state index is 12.6. The van der Waals surface area contributed by atoms with E-state index in [9.17, 15) is 9.59 Å². The summed E-state index contributed by atoms with van der Waals surface area (Å²) in [7, 11) is 0. The number of piperidine rings is 1. The molecule has 1 aromatic carbocycles. The van der Waals surface area contributed by atoms with Gasteiger partial charge in [0.25, 0.3) is 5.91 Å². The van der Waals surface area contributed by atoms with E-state index in [0.717, 1.165) is 44.6 Å². The van der Waals surface area contributed by atoms with E-state index in [1.807, 2.05) is 0 Å². The minimum absolute atomic E-state index is 0.115. The molecule has 0 unspecified atom stereocenters. The Morgan fingerprint density at radius 2 is 1.69 bits per heavy atom. The Hall–Kier alpha value is -2.96. The maximum atomic E-state index is 12.6. The molecule has 2 amide bonds. The molecule has 0 saturated carbocycles. The lowest BCUT2D eigenvalue weighted by Crippen LogP contribution is -2.48. The van der Waals surface area contributed by atoms with Crippen molar-refractivity contribution in [2.75, 3.05) is 44.2 Å². The van der Waals surface area contributed by atoms with Gasteiger partial charge in [-0.05, 0) is 30.7 Å². The number of anilines is 1. The number of hydrogen-bond donors (Lipinski definition) is 0. The number of carbonyl (C=O) groups is 2. The monoisotopic (exact) mass is 393 g/mol. The zero-order valence-electron chi connectivity index (χ0n) is 16.6. The first-order valence-corrected chi connectivity index (χ1v) is 10.3. The Bertz CT molecular complexity index is 811. The molecule has 0 N–H and O–H groups in total. The average Bonchev–Trinajstić information content (AvgIpc) is 2.80.